The number of rotatable bonds is 3. The average molecular weight is 381 g/mol. The summed E-state index contributed by atoms with van der Waals surface area (Å²) in [5.74, 6) is -1.35. The molecule has 0 spiro atoms. The molecule has 1 N–H and O–H groups in total. The molecule has 1 aromatic carbocycles. The van der Waals surface area contributed by atoms with Gasteiger partial charge in [-0.1, -0.05) is 0 Å². The number of amides is 1. The van der Waals surface area contributed by atoms with E-state index in [1.54, 1.807) is 16.5 Å². The Labute approximate surface area is 153 Å². The molecule has 1 aliphatic heterocycles. The van der Waals surface area contributed by atoms with Crippen molar-refractivity contribution < 1.29 is 27.9 Å². The van der Waals surface area contributed by atoms with Crippen LogP contribution in [0.5, 0.6) is 0 Å². The molecule has 0 radical (unpaired) electrons. The number of carbonyl (C=O) groups is 2. The lowest BCUT2D eigenvalue weighted by Gasteiger charge is -2.32. The van der Waals surface area contributed by atoms with Gasteiger partial charge in [0.2, 0.25) is 0 Å². The van der Waals surface area contributed by atoms with Crippen LogP contribution in [0.4, 0.5) is 13.2 Å². The van der Waals surface area contributed by atoms with Crippen molar-refractivity contribution in [3.63, 3.8) is 0 Å². The Morgan fingerprint density at radius 1 is 1.15 bits per heavy atom. The molecule has 2 aromatic rings. The molecule has 1 amide bonds. The number of benzene rings is 1. The van der Waals surface area contributed by atoms with Crippen LogP contribution >= 0.6 is 0 Å². The molecule has 0 saturated carbocycles. The second-order valence-electron chi connectivity index (χ2n) is 6.49. The van der Waals surface area contributed by atoms with Crippen LogP contribution in [-0.2, 0) is 6.18 Å². The number of hydrogen-bond donors (Lipinski definition) is 1. The van der Waals surface area contributed by atoms with E-state index in [1.165, 1.54) is 18.3 Å². The summed E-state index contributed by atoms with van der Waals surface area (Å²) in [4.78, 5) is 25.2. The zero-order valence-electron chi connectivity index (χ0n) is 14.5. The maximum Gasteiger partial charge on any atom is 0.416 e. The Morgan fingerprint density at radius 2 is 1.74 bits per heavy atom. The number of carboxylic acid groups (broad SMARTS) is 1. The van der Waals surface area contributed by atoms with E-state index in [2.05, 4.69) is 5.10 Å². The number of carbonyl (C=O) groups excluding carboxylic acids is 1. The maximum absolute atomic E-state index is 12.6. The monoisotopic (exact) mass is 381 g/mol. The first kappa shape index (κ1) is 18.9. The molecule has 0 unspecified atom stereocenters. The summed E-state index contributed by atoms with van der Waals surface area (Å²) in [5, 5.41) is 13.3. The summed E-state index contributed by atoms with van der Waals surface area (Å²) >= 11 is 0. The minimum atomic E-state index is -4.43. The van der Waals surface area contributed by atoms with Gasteiger partial charge in [0.25, 0.3) is 5.91 Å². The molecule has 1 aliphatic rings. The summed E-state index contributed by atoms with van der Waals surface area (Å²) in [6.07, 6.45) is -1.93. The molecule has 3 rings (SSSR count). The van der Waals surface area contributed by atoms with Gasteiger partial charge in [0, 0.05) is 18.7 Å². The highest BCUT2D eigenvalue weighted by molar-refractivity contribution is 5.94. The summed E-state index contributed by atoms with van der Waals surface area (Å²) in [5.41, 5.74) is 0.138. The quantitative estimate of drug-likeness (QED) is 0.884. The van der Waals surface area contributed by atoms with Crippen molar-refractivity contribution in [2.45, 2.75) is 32.0 Å². The van der Waals surface area contributed by atoms with Gasteiger partial charge in [0.15, 0.2) is 0 Å². The predicted molar refractivity (Wildman–Crippen MR) is 89.5 cm³/mol. The highest BCUT2D eigenvalue weighted by Crippen LogP contribution is 2.30. The van der Waals surface area contributed by atoms with Gasteiger partial charge in [0.1, 0.15) is 5.56 Å². The fourth-order valence-electron chi connectivity index (χ4n) is 3.30. The third-order valence-electron chi connectivity index (χ3n) is 4.83. The molecule has 27 heavy (non-hydrogen) atoms. The molecule has 1 fully saturated rings. The van der Waals surface area contributed by atoms with Crippen LogP contribution in [0.2, 0.25) is 0 Å². The maximum atomic E-state index is 12.6. The largest absolute Gasteiger partial charge is 0.478 e. The highest BCUT2D eigenvalue weighted by atomic mass is 19.4. The van der Waals surface area contributed by atoms with Crippen LogP contribution in [0.15, 0.2) is 30.5 Å². The first-order valence-electron chi connectivity index (χ1n) is 8.42. The van der Waals surface area contributed by atoms with E-state index in [9.17, 15) is 22.8 Å². The standard InChI is InChI=1S/C18H18F3N3O3/c1-11-15(17(26)27)10-22-24(11)14-6-8-23(9-7-14)16(25)12-2-4-13(5-3-12)18(19,20)21/h2-5,10,14H,6-9H2,1H3,(H,26,27). The van der Waals surface area contributed by atoms with Crippen molar-refractivity contribution >= 4 is 11.9 Å². The lowest BCUT2D eigenvalue weighted by atomic mass is 10.0. The summed E-state index contributed by atoms with van der Waals surface area (Å²) < 4.78 is 39.5. The topological polar surface area (TPSA) is 75.4 Å². The number of aromatic carboxylic acids is 1. The number of aromatic nitrogens is 2. The molecule has 0 aliphatic carbocycles. The first-order valence-corrected chi connectivity index (χ1v) is 8.42. The average Bonchev–Trinajstić information content (AvgIpc) is 3.02. The normalized spacial score (nSPS) is 15.8. The summed E-state index contributed by atoms with van der Waals surface area (Å²) in [7, 11) is 0. The Kier molecular flexibility index (Phi) is 4.95. The van der Waals surface area contributed by atoms with Gasteiger partial charge in [0.05, 0.1) is 23.5 Å². The van der Waals surface area contributed by atoms with Crippen LogP contribution in [0, 0.1) is 6.92 Å². The lowest BCUT2D eigenvalue weighted by Crippen LogP contribution is -2.39. The van der Waals surface area contributed by atoms with Crippen molar-refractivity contribution in [3.8, 4) is 0 Å². The highest BCUT2D eigenvalue weighted by Gasteiger charge is 2.31. The number of alkyl halides is 3. The van der Waals surface area contributed by atoms with E-state index in [-0.39, 0.29) is 23.1 Å². The molecular weight excluding hydrogens is 363 g/mol. The van der Waals surface area contributed by atoms with Crippen LogP contribution in [0.25, 0.3) is 0 Å². The third kappa shape index (κ3) is 3.81. The molecule has 1 saturated heterocycles. The summed E-state index contributed by atoms with van der Waals surface area (Å²) in [6, 6.07) is 4.16. The SMILES string of the molecule is Cc1c(C(=O)O)cnn1C1CCN(C(=O)c2ccc(C(F)(F)F)cc2)CC1. The van der Waals surface area contributed by atoms with E-state index in [4.69, 9.17) is 5.11 Å². The second-order valence-corrected chi connectivity index (χ2v) is 6.49. The van der Waals surface area contributed by atoms with Gasteiger partial charge in [-0.05, 0) is 44.0 Å². The fraction of sp³-hybridized carbons (Fsp3) is 0.389. The van der Waals surface area contributed by atoms with Crippen LogP contribution in [0.1, 0.15) is 50.9 Å². The lowest BCUT2D eigenvalue weighted by molar-refractivity contribution is -0.137. The second kappa shape index (κ2) is 7.05. The van der Waals surface area contributed by atoms with E-state index in [0.29, 0.717) is 31.6 Å². The zero-order chi connectivity index (χ0) is 19.8. The smallest absolute Gasteiger partial charge is 0.416 e. The Bertz CT molecular complexity index is 851. The Hall–Kier alpha value is -2.84. The zero-order valence-corrected chi connectivity index (χ0v) is 14.5. The number of piperidine rings is 1. The molecule has 2 heterocycles. The Balaban J connectivity index is 1.65. The summed E-state index contributed by atoms with van der Waals surface area (Å²) in [6.45, 7) is 2.54. The molecule has 9 heteroatoms. The van der Waals surface area contributed by atoms with Crippen molar-refractivity contribution in [3.05, 3.63) is 52.8 Å². The van der Waals surface area contributed by atoms with Gasteiger partial charge in [-0.3, -0.25) is 9.48 Å². The minimum Gasteiger partial charge on any atom is -0.478 e. The molecule has 6 nitrogen and oxygen atoms in total. The van der Waals surface area contributed by atoms with Crippen molar-refractivity contribution in [1.29, 1.82) is 0 Å². The van der Waals surface area contributed by atoms with Crippen LogP contribution in [0.3, 0.4) is 0 Å². The van der Waals surface area contributed by atoms with Gasteiger partial charge < -0.3 is 10.0 Å². The van der Waals surface area contributed by atoms with E-state index >= 15 is 0 Å². The van der Waals surface area contributed by atoms with Gasteiger partial charge >= 0.3 is 12.1 Å². The molecule has 0 atom stereocenters. The molecule has 1 aromatic heterocycles. The van der Waals surface area contributed by atoms with Crippen molar-refractivity contribution in [2.75, 3.05) is 13.1 Å². The number of halogens is 3. The first-order chi connectivity index (χ1) is 12.7. The Morgan fingerprint density at radius 3 is 2.22 bits per heavy atom. The number of carboxylic acids is 1. The molecule has 144 valence electrons. The van der Waals surface area contributed by atoms with Crippen molar-refractivity contribution in [2.24, 2.45) is 0 Å². The number of likely N-dealkylation sites (tertiary alicyclic amines) is 1. The minimum absolute atomic E-state index is 0.0187. The predicted octanol–water partition coefficient (Wildman–Crippen LogP) is 3.39. The van der Waals surface area contributed by atoms with E-state index < -0.39 is 17.7 Å². The van der Waals surface area contributed by atoms with Crippen molar-refractivity contribution in [1.82, 2.24) is 14.7 Å². The van der Waals surface area contributed by atoms with E-state index in [0.717, 1.165) is 12.1 Å². The number of nitrogens with zero attached hydrogens (tertiary/aromatic N) is 3. The van der Waals surface area contributed by atoms with Crippen LogP contribution < -0.4 is 0 Å². The van der Waals surface area contributed by atoms with Gasteiger partial charge in [-0.25, -0.2) is 4.79 Å². The van der Waals surface area contributed by atoms with Crippen LogP contribution in [-0.4, -0.2) is 44.8 Å². The number of hydrogen-bond acceptors (Lipinski definition) is 3. The van der Waals surface area contributed by atoms with E-state index in [1.807, 2.05) is 0 Å². The van der Waals surface area contributed by atoms with Gasteiger partial charge in [-0.15, -0.1) is 0 Å². The third-order valence-corrected chi connectivity index (χ3v) is 4.83. The molecule has 0 bridgehead atoms. The van der Waals surface area contributed by atoms with Gasteiger partial charge in [-0.2, -0.15) is 18.3 Å². The molecular formula is C18H18F3N3O3. The fourth-order valence-corrected chi connectivity index (χ4v) is 3.30.